The van der Waals surface area contributed by atoms with E-state index in [0.717, 1.165) is 22.4 Å². The summed E-state index contributed by atoms with van der Waals surface area (Å²) >= 11 is 3.40. The van der Waals surface area contributed by atoms with Crippen LogP contribution in [0.25, 0.3) is 0 Å². The molecule has 2 rings (SSSR count). The van der Waals surface area contributed by atoms with E-state index >= 15 is 0 Å². The topological polar surface area (TPSA) is 41.1 Å². The summed E-state index contributed by atoms with van der Waals surface area (Å²) < 4.78 is 0.868. The third-order valence-electron chi connectivity index (χ3n) is 2.65. The van der Waals surface area contributed by atoms with Gasteiger partial charge in [0.05, 0.1) is 5.69 Å². The van der Waals surface area contributed by atoms with Crippen LogP contribution in [-0.4, -0.2) is 12.5 Å². The van der Waals surface area contributed by atoms with E-state index in [9.17, 15) is 4.79 Å². The van der Waals surface area contributed by atoms with Crippen LogP contribution in [0.4, 0.5) is 11.4 Å². The molecule has 0 bridgehead atoms. The van der Waals surface area contributed by atoms with E-state index in [1.807, 2.05) is 55.5 Å². The number of halogens is 1. The largest absolute Gasteiger partial charge is 0.385 e. The Morgan fingerprint density at radius 3 is 2.42 bits per heavy atom. The lowest BCUT2D eigenvalue weighted by molar-refractivity contribution is 0.102. The van der Waals surface area contributed by atoms with E-state index in [1.54, 1.807) is 0 Å². The normalized spacial score (nSPS) is 10.0. The molecule has 0 spiro atoms. The third kappa shape index (κ3) is 3.58. The number of benzene rings is 2. The summed E-state index contributed by atoms with van der Waals surface area (Å²) in [5.41, 5.74) is 2.42. The maximum atomic E-state index is 12.1. The number of carbonyl (C=O) groups is 1. The zero-order valence-electron chi connectivity index (χ0n) is 10.6. The van der Waals surface area contributed by atoms with Gasteiger partial charge in [-0.1, -0.05) is 12.1 Å². The molecule has 1 amide bonds. The number of amides is 1. The Labute approximate surface area is 121 Å². The van der Waals surface area contributed by atoms with Crippen molar-refractivity contribution in [1.29, 1.82) is 0 Å². The van der Waals surface area contributed by atoms with E-state index in [1.165, 1.54) is 0 Å². The lowest BCUT2D eigenvalue weighted by Gasteiger charge is -2.08. The van der Waals surface area contributed by atoms with Crippen molar-refractivity contribution in [1.82, 2.24) is 0 Å². The number of rotatable bonds is 4. The number of carbonyl (C=O) groups excluding carboxylic acids is 1. The van der Waals surface area contributed by atoms with E-state index < -0.39 is 0 Å². The molecular weight excluding hydrogens is 304 g/mol. The second-order valence-corrected chi connectivity index (χ2v) is 4.90. The molecule has 0 unspecified atom stereocenters. The van der Waals surface area contributed by atoms with Crippen LogP contribution in [0.3, 0.4) is 0 Å². The van der Waals surface area contributed by atoms with Crippen LogP contribution in [0, 0.1) is 0 Å². The SMILES string of the molecule is CCNc1ccc(C(=O)Nc2ccccc2Br)cc1. The average Bonchev–Trinajstić information content (AvgIpc) is 2.42. The van der Waals surface area contributed by atoms with Crippen LogP contribution < -0.4 is 10.6 Å². The van der Waals surface area contributed by atoms with Crippen molar-refractivity contribution < 1.29 is 4.79 Å². The summed E-state index contributed by atoms with van der Waals surface area (Å²) in [7, 11) is 0. The zero-order valence-corrected chi connectivity index (χ0v) is 12.2. The summed E-state index contributed by atoms with van der Waals surface area (Å²) in [5, 5.41) is 6.06. The van der Waals surface area contributed by atoms with Gasteiger partial charge in [0.1, 0.15) is 0 Å². The summed E-state index contributed by atoms with van der Waals surface area (Å²) in [5.74, 6) is -0.116. The van der Waals surface area contributed by atoms with E-state index in [2.05, 4.69) is 26.6 Å². The minimum atomic E-state index is -0.116. The monoisotopic (exact) mass is 318 g/mol. The Morgan fingerprint density at radius 1 is 1.11 bits per heavy atom. The van der Waals surface area contributed by atoms with Gasteiger partial charge < -0.3 is 10.6 Å². The third-order valence-corrected chi connectivity index (χ3v) is 3.34. The van der Waals surface area contributed by atoms with Gasteiger partial charge in [-0.25, -0.2) is 0 Å². The van der Waals surface area contributed by atoms with E-state index in [-0.39, 0.29) is 5.91 Å². The van der Waals surface area contributed by atoms with Gasteiger partial charge >= 0.3 is 0 Å². The molecule has 0 saturated carbocycles. The predicted octanol–water partition coefficient (Wildman–Crippen LogP) is 4.13. The predicted molar refractivity (Wildman–Crippen MR) is 82.7 cm³/mol. The highest BCUT2D eigenvalue weighted by molar-refractivity contribution is 9.10. The van der Waals surface area contributed by atoms with E-state index in [4.69, 9.17) is 0 Å². The molecule has 0 aromatic heterocycles. The maximum Gasteiger partial charge on any atom is 0.255 e. The first-order chi connectivity index (χ1) is 9.20. The lowest BCUT2D eigenvalue weighted by Crippen LogP contribution is -2.12. The fraction of sp³-hybridized carbons (Fsp3) is 0.133. The summed E-state index contributed by atoms with van der Waals surface area (Å²) in [6.07, 6.45) is 0. The Morgan fingerprint density at radius 2 is 1.79 bits per heavy atom. The van der Waals surface area contributed by atoms with Crippen molar-refractivity contribution in [3.05, 3.63) is 58.6 Å². The highest BCUT2D eigenvalue weighted by Crippen LogP contribution is 2.22. The van der Waals surface area contributed by atoms with Crippen molar-refractivity contribution in [3.63, 3.8) is 0 Å². The highest BCUT2D eigenvalue weighted by Gasteiger charge is 2.07. The Balaban J connectivity index is 2.10. The first kappa shape index (κ1) is 13.6. The molecule has 2 aromatic carbocycles. The maximum absolute atomic E-state index is 12.1. The van der Waals surface area contributed by atoms with Crippen molar-refractivity contribution in [2.24, 2.45) is 0 Å². The fourth-order valence-electron chi connectivity index (χ4n) is 1.70. The Kier molecular flexibility index (Phi) is 4.58. The molecule has 2 N–H and O–H groups in total. The Hall–Kier alpha value is -1.81. The molecule has 0 aliphatic heterocycles. The standard InChI is InChI=1S/C15H15BrN2O/c1-2-17-12-9-7-11(8-10-12)15(19)18-14-6-4-3-5-13(14)16/h3-10,17H,2H2,1H3,(H,18,19). The van der Waals surface area contributed by atoms with Crippen LogP contribution in [0.15, 0.2) is 53.0 Å². The minimum Gasteiger partial charge on any atom is -0.385 e. The lowest BCUT2D eigenvalue weighted by atomic mass is 10.2. The first-order valence-corrected chi connectivity index (χ1v) is 6.90. The summed E-state index contributed by atoms with van der Waals surface area (Å²) in [4.78, 5) is 12.1. The molecule has 0 aliphatic rings. The molecule has 0 saturated heterocycles. The minimum absolute atomic E-state index is 0.116. The van der Waals surface area contributed by atoms with Crippen molar-refractivity contribution >= 4 is 33.2 Å². The molecule has 2 aromatic rings. The van der Waals surface area contributed by atoms with Gasteiger partial charge in [-0.15, -0.1) is 0 Å². The van der Waals surface area contributed by atoms with E-state index in [0.29, 0.717) is 5.56 Å². The van der Waals surface area contributed by atoms with Crippen LogP contribution >= 0.6 is 15.9 Å². The number of hydrogen-bond acceptors (Lipinski definition) is 2. The molecule has 3 nitrogen and oxygen atoms in total. The number of hydrogen-bond donors (Lipinski definition) is 2. The second-order valence-electron chi connectivity index (χ2n) is 4.04. The van der Waals surface area contributed by atoms with Gasteiger partial charge in [0.25, 0.3) is 5.91 Å². The van der Waals surface area contributed by atoms with Gasteiger partial charge in [-0.3, -0.25) is 4.79 Å². The van der Waals surface area contributed by atoms with Crippen LogP contribution in [0.5, 0.6) is 0 Å². The fourth-order valence-corrected chi connectivity index (χ4v) is 2.08. The van der Waals surface area contributed by atoms with Crippen LogP contribution in [0.2, 0.25) is 0 Å². The molecule has 19 heavy (non-hydrogen) atoms. The number of para-hydroxylation sites is 1. The van der Waals surface area contributed by atoms with Gasteiger partial charge in [0, 0.05) is 22.3 Å². The molecule has 0 atom stereocenters. The molecule has 0 fully saturated rings. The van der Waals surface area contributed by atoms with Crippen LogP contribution in [-0.2, 0) is 0 Å². The zero-order chi connectivity index (χ0) is 13.7. The molecule has 0 aliphatic carbocycles. The number of anilines is 2. The molecule has 0 heterocycles. The van der Waals surface area contributed by atoms with Crippen molar-refractivity contribution in [2.75, 3.05) is 17.2 Å². The Bertz CT molecular complexity index is 567. The highest BCUT2D eigenvalue weighted by atomic mass is 79.9. The van der Waals surface area contributed by atoms with Crippen LogP contribution in [0.1, 0.15) is 17.3 Å². The molecular formula is C15H15BrN2O. The van der Waals surface area contributed by atoms with Crippen molar-refractivity contribution in [3.8, 4) is 0 Å². The first-order valence-electron chi connectivity index (χ1n) is 6.10. The smallest absolute Gasteiger partial charge is 0.255 e. The quantitative estimate of drug-likeness (QED) is 0.889. The molecule has 98 valence electrons. The number of nitrogens with one attached hydrogen (secondary N) is 2. The summed E-state index contributed by atoms with van der Waals surface area (Å²) in [6.45, 7) is 2.90. The van der Waals surface area contributed by atoms with Gasteiger partial charge in [0.2, 0.25) is 0 Å². The average molecular weight is 319 g/mol. The second kappa shape index (κ2) is 6.38. The van der Waals surface area contributed by atoms with Crippen molar-refractivity contribution in [2.45, 2.75) is 6.92 Å². The van der Waals surface area contributed by atoms with Gasteiger partial charge in [-0.2, -0.15) is 0 Å². The molecule has 4 heteroatoms. The summed E-state index contributed by atoms with van der Waals surface area (Å²) in [6, 6.07) is 15.0. The van der Waals surface area contributed by atoms with Gasteiger partial charge in [0.15, 0.2) is 0 Å². The van der Waals surface area contributed by atoms with Gasteiger partial charge in [-0.05, 0) is 59.3 Å². The molecule has 0 radical (unpaired) electrons.